The van der Waals surface area contributed by atoms with Gasteiger partial charge in [0.2, 0.25) is 0 Å². The summed E-state index contributed by atoms with van der Waals surface area (Å²) in [6.45, 7) is 18.5. The Kier molecular flexibility index (Phi) is 23.1. The summed E-state index contributed by atoms with van der Waals surface area (Å²) in [6.07, 6.45) is 1.94. The van der Waals surface area contributed by atoms with Crippen LogP contribution in [-0.4, -0.2) is 37.9 Å². The summed E-state index contributed by atoms with van der Waals surface area (Å²) < 4.78 is 24.5. The fourth-order valence-electron chi connectivity index (χ4n) is 3.47. The molecule has 11 heteroatoms. The maximum Gasteiger partial charge on any atom is 0.161 e. The van der Waals surface area contributed by atoms with Crippen molar-refractivity contribution in [3.05, 3.63) is 56.0 Å². The van der Waals surface area contributed by atoms with Crippen molar-refractivity contribution in [3.63, 3.8) is 0 Å². The molecule has 0 radical (unpaired) electrons. The molecule has 0 bridgehead atoms. The van der Waals surface area contributed by atoms with Crippen LogP contribution in [0.1, 0.15) is 79.4 Å². The number of benzene rings is 2. The van der Waals surface area contributed by atoms with Gasteiger partial charge in [-0.25, -0.2) is 0 Å². The molecule has 2 rings (SSSR count). The molecule has 0 amide bonds. The Balaban J connectivity index is 0.00000126. The summed E-state index contributed by atoms with van der Waals surface area (Å²) in [6, 6.07) is 11.3. The monoisotopic (exact) mass is 770 g/mol. The van der Waals surface area contributed by atoms with Crippen LogP contribution in [0, 0.1) is 11.8 Å². The van der Waals surface area contributed by atoms with Crippen LogP contribution < -0.4 is 18.9 Å². The Morgan fingerprint density at radius 1 is 0.622 bits per heavy atom. The zero-order valence-corrected chi connectivity index (χ0v) is 33.9. The van der Waals surface area contributed by atoms with E-state index in [1.807, 2.05) is 36.4 Å². The van der Waals surface area contributed by atoms with E-state index in [1.165, 1.54) is 0 Å². The third kappa shape index (κ3) is 17.2. The van der Waals surface area contributed by atoms with Gasteiger partial charge in [0.1, 0.15) is 11.5 Å². The number of rotatable bonds is 16. The molecule has 0 saturated carbocycles. The molecule has 0 fully saturated rings. The minimum Gasteiger partial charge on any atom is -0.780 e. The molecule has 0 spiro atoms. The van der Waals surface area contributed by atoms with Crippen molar-refractivity contribution < 1.29 is 35.4 Å². The molecular formula is C34H48NiO4S6-4. The molecule has 0 aliphatic heterocycles. The van der Waals surface area contributed by atoms with Gasteiger partial charge >= 0.3 is 0 Å². The van der Waals surface area contributed by atoms with Crippen LogP contribution >= 0.6 is 23.5 Å². The zero-order valence-electron chi connectivity index (χ0n) is 28.0. The van der Waals surface area contributed by atoms with Gasteiger partial charge in [0.05, 0.1) is 27.4 Å². The first-order valence-electron chi connectivity index (χ1n) is 14.8. The molecule has 0 N–H and O–H groups in total. The quantitative estimate of drug-likeness (QED) is 0.0936. The van der Waals surface area contributed by atoms with E-state index in [0.29, 0.717) is 56.9 Å². The van der Waals surface area contributed by atoms with E-state index < -0.39 is 0 Å². The maximum atomic E-state index is 6.09. The molecule has 45 heavy (non-hydrogen) atoms. The van der Waals surface area contributed by atoms with Gasteiger partial charge in [0, 0.05) is 27.0 Å². The predicted molar refractivity (Wildman–Crippen MR) is 205 cm³/mol. The summed E-state index contributed by atoms with van der Waals surface area (Å²) in [4.78, 5) is 1.09. The van der Waals surface area contributed by atoms with Gasteiger partial charge in [-0.1, -0.05) is 61.5 Å². The van der Waals surface area contributed by atoms with Gasteiger partial charge in [0.25, 0.3) is 0 Å². The zero-order chi connectivity index (χ0) is 33.4. The minimum absolute atomic E-state index is 0. The molecule has 0 heterocycles. The summed E-state index contributed by atoms with van der Waals surface area (Å²) in [5.41, 5.74) is 1.56. The van der Waals surface area contributed by atoms with Gasteiger partial charge in [-0.05, 0) is 66.1 Å². The Labute approximate surface area is 314 Å². The van der Waals surface area contributed by atoms with Crippen LogP contribution in [-0.2, 0) is 67.0 Å². The fraction of sp³-hybridized carbons (Fsp3) is 0.529. The Morgan fingerprint density at radius 2 is 1.11 bits per heavy atom. The largest absolute Gasteiger partial charge is 0.780 e. The van der Waals surface area contributed by atoms with Crippen molar-refractivity contribution in [3.8, 4) is 23.0 Å². The van der Waals surface area contributed by atoms with E-state index >= 15 is 0 Å². The predicted octanol–water partition coefficient (Wildman–Crippen LogP) is 9.96. The second-order valence-corrected chi connectivity index (χ2v) is 16.7. The van der Waals surface area contributed by atoms with Gasteiger partial charge in [0.15, 0.2) is 11.5 Å². The molecule has 0 aromatic heterocycles. The molecule has 258 valence electrons. The third-order valence-corrected chi connectivity index (χ3v) is 10.1. The Morgan fingerprint density at radius 3 is 1.58 bits per heavy atom. The van der Waals surface area contributed by atoms with Gasteiger partial charge in [-0.3, -0.25) is 0 Å². The molecule has 4 nitrogen and oxygen atoms in total. The average Bonchev–Trinajstić information content (AvgIpc) is 2.95. The topological polar surface area (TPSA) is 36.9 Å². The van der Waals surface area contributed by atoms with Crippen molar-refractivity contribution in [1.82, 2.24) is 0 Å². The third-order valence-electron chi connectivity index (χ3n) is 5.82. The Bertz CT molecular complexity index is 1200. The van der Waals surface area contributed by atoms with Crippen LogP contribution in [0.3, 0.4) is 0 Å². The van der Waals surface area contributed by atoms with Crippen LogP contribution in [0.4, 0.5) is 0 Å². The number of methoxy groups -OCH3 is 2. The normalized spacial score (nSPS) is 12.2. The molecule has 2 aromatic carbocycles. The van der Waals surface area contributed by atoms with Crippen LogP contribution in [0.5, 0.6) is 23.0 Å². The van der Waals surface area contributed by atoms with Crippen LogP contribution in [0.15, 0.2) is 44.9 Å². The molecule has 0 unspecified atom stereocenters. The van der Waals surface area contributed by atoms with E-state index in [-0.39, 0.29) is 16.5 Å². The van der Waals surface area contributed by atoms with Crippen LogP contribution in [0.2, 0.25) is 0 Å². The van der Waals surface area contributed by atoms with Crippen molar-refractivity contribution >= 4 is 83.8 Å². The number of hydrogen-bond donors (Lipinski definition) is 0. The van der Waals surface area contributed by atoms with Gasteiger partial charge < -0.3 is 69.5 Å². The van der Waals surface area contributed by atoms with Gasteiger partial charge in [-0.2, -0.15) is 41.8 Å². The summed E-state index contributed by atoms with van der Waals surface area (Å²) in [5.74, 6) is 3.85. The van der Waals surface area contributed by atoms with Crippen molar-refractivity contribution in [2.45, 2.75) is 78.7 Å². The average molecular weight is 772 g/mol. The minimum atomic E-state index is 0. The Hall–Kier alpha value is -0.806. The second-order valence-electron chi connectivity index (χ2n) is 11.4. The molecule has 0 saturated heterocycles. The fourth-order valence-corrected chi connectivity index (χ4v) is 6.77. The van der Waals surface area contributed by atoms with E-state index in [2.05, 4.69) is 55.4 Å². The molecular weight excluding hydrogens is 723 g/mol. The maximum absolute atomic E-state index is 6.09. The van der Waals surface area contributed by atoms with Crippen molar-refractivity contribution in [2.75, 3.05) is 27.4 Å². The second kappa shape index (κ2) is 23.5. The van der Waals surface area contributed by atoms with E-state index in [1.54, 1.807) is 37.7 Å². The number of ether oxygens (including phenoxy) is 4. The van der Waals surface area contributed by atoms with E-state index in [4.69, 9.17) is 69.5 Å². The smallest absolute Gasteiger partial charge is 0.161 e. The molecule has 0 aliphatic carbocycles. The number of thioether (sulfide) groups is 2. The van der Waals surface area contributed by atoms with Gasteiger partial charge in [-0.15, -0.1) is 0 Å². The summed E-state index contributed by atoms with van der Waals surface area (Å²) in [7, 11) is 3.20. The standard InChI is InChI=1S/C26H36O4S2.C8H16S4.Ni/c1-17(2)11-13-29-20-8-10-22(30-14-12-18(3)4)21(16-20)26(32)25(31)19-7-9-23(27-5)24(15-19)28-6;1-5(2)11-7(9)8(10)12-6(3)4;/h7-10,15-18,31-32H,11-14H2,1-6H3;5-6,9-10H,1-4H3;/p-4/b26-25-;8-7-;. The molecule has 0 aliphatic rings. The SMILES string of the molecule is CC(C)S/C([S-])=C(/[S-])SC(C)C.COc1ccc(/C([S-])=C(/[S-])c2cc(OCCC(C)C)ccc2OCCC(C)C)cc1OC.[Ni]. The van der Waals surface area contributed by atoms with E-state index in [9.17, 15) is 0 Å². The number of hydrogen-bond acceptors (Lipinski definition) is 10. The van der Waals surface area contributed by atoms with Crippen molar-refractivity contribution in [1.29, 1.82) is 0 Å². The van der Waals surface area contributed by atoms with Crippen molar-refractivity contribution in [2.24, 2.45) is 11.8 Å². The summed E-state index contributed by atoms with van der Waals surface area (Å²) >= 11 is 25.3. The van der Waals surface area contributed by atoms with E-state index in [0.717, 1.165) is 43.9 Å². The molecule has 0 atom stereocenters. The first-order valence-corrected chi connectivity index (χ1v) is 18.2. The first kappa shape index (κ1) is 44.2. The summed E-state index contributed by atoms with van der Waals surface area (Å²) in [5, 5.41) is 1.06. The van der Waals surface area contributed by atoms with Crippen LogP contribution in [0.25, 0.3) is 9.81 Å². The molecule has 2 aromatic rings. The first-order chi connectivity index (χ1) is 20.7.